The number of aromatic nitrogens is 3. The minimum absolute atomic E-state index is 0.687. The third kappa shape index (κ3) is 1.11. The minimum atomic E-state index is 0.687. The van der Waals surface area contributed by atoms with Crippen molar-refractivity contribution in [3.8, 4) is 0 Å². The average molecular weight is 189 g/mol. The monoisotopic (exact) mass is 189 g/mol. The summed E-state index contributed by atoms with van der Waals surface area (Å²) in [4.78, 5) is 10.7. The van der Waals surface area contributed by atoms with Gasteiger partial charge in [0.05, 0.1) is 0 Å². The molecule has 0 atom stereocenters. The van der Waals surface area contributed by atoms with Crippen LogP contribution in [0.4, 0.5) is 0 Å². The van der Waals surface area contributed by atoms with Crippen molar-refractivity contribution in [1.82, 2.24) is 14.6 Å². The van der Waals surface area contributed by atoms with E-state index < -0.39 is 0 Å². The summed E-state index contributed by atoms with van der Waals surface area (Å²) in [6, 6.07) is 3.58. The first-order valence-electron chi connectivity index (χ1n) is 4.56. The third-order valence-corrected chi connectivity index (χ3v) is 2.36. The largest absolute Gasteiger partial charge is 0.298 e. The van der Waals surface area contributed by atoms with Gasteiger partial charge in [0, 0.05) is 17.7 Å². The Labute approximate surface area is 81.6 Å². The molecular weight excluding hydrogens is 178 g/mol. The zero-order valence-corrected chi connectivity index (χ0v) is 8.19. The molecule has 2 heterocycles. The maximum absolute atomic E-state index is 10.7. The fourth-order valence-corrected chi connectivity index (χ4v) is 1.57. The van der Waals surface area contributed by atoms with Crippen molar-refractivity contribution in [2.45, 2.75) is 20.3 Å². The van der Waals surface area contributed by atoms with Gasteiger partial charge in [-0.3, -0.25) is 9.20 Å². The summed E-state index contributed by atoms with van der Waals surface area (Å²) >= 11 is 0. The summed E-state index contributed by atoms with van der Waals surface area (Å²) in [6.45, 7) is 3.92. The van der Waals surface area contributed by atoms with Crippen molar-refractivity contribution >= 4 is 11.9 Å². The maximum Gasteiger partial charge on any atom is 0.161 e. The Bertz CT molecular complexity index is 487. The topological polar surface area (TPSA) is 47.3 Å². The molecule has 0 saturated carbocycles. The van der Waals surface area contributed by atoms with Crippen LogP contribution < -0.4 is 0 Å². The molecule has 2 rings (SSSR count). The summed E-state index contributed by atoms with van der Waals surface area (Å²) in [5.74, 6) is 0.890. The fourth-order valence-electron chi connectivity index (χ4n) is 1.57. The van der Waals surface area contributed by atoms with E-state index in [0.29, 0.717) is 5.56 Å². The molecule has 0 aromatic carbocycles. The van der Waals surface area contributed by atoms with E-state index in [1.54, 1.807) is 6.07 Å². The predicted octanol–water partition coefficient (Wildman–Crippen LogP) is 1.41. The normalized spacial score (nSPS) is 10.7. The van der Waals surface area contributed by atoms with Crippen LogP contribution in [0.1, 0.15) is 28.8 Å². The molecule has 0 aliphatic carbocycles. The maximum atomic E-state index is 10.7. The number of pyridine rings is 1. The van der Waals surface area contributed by atoms with E-state index in [1.165, 1.54) is 0 Å². The lowest BCUT2D eigenvalue weighted by Gasteiger charge is -2.03. The molecule has 0 bridgehead atoms. The van der Waals surface area contributed by atoms with Gasteiger partial charge in [0.15, 0.2) is 11.9 Å². The summed E-state index contributed by atoms with van der Waals surface area (Å²) in [5, 5.41) is 8.07. The SMILES string of the molecule is CCc1nnc2ccc(C=O)c(C)n12. The number of hydrogen-bond donors (Lipinski definition) is 0. The van der Waals surface area contributed by atoms with Gasteiger partial charge in [0.1, 0.15) is 5.82 Å². The quantitative estimate of drug-likeness (QED) is 0.671. The first kappa shape index (κ1) is 8.87. The second-order valence-corrected chi connectivity index (χ2v) is 3.16. The minimum Gasteiger partial charge on any atom is -0.298 e. The number of rotatable bonds is 2. The summed E-state index contributed by atoms with van der Waals surface area (Å²) in [7, 11) is 0. The second kappa shape index (κ2) is 3.21. The van der Waals surface area contributed by atoms with Crippen LogP contribution in [0.15, 0.2) is 12.1 Å². The van der Waals surface area contributed by atoms with Crippen molar-refractivity contribution < 1.29 is 4.79 Å². The fraction of sp³-hybridized carbons (Fsp3) is 0.300. The van der Waals surface area contributed by atoms with Crippen molar-refractivity contribution in [2.75, 3.05) is 0 Å². The van der Waals surface area contributed by atoms with Crippen LogP contribution in [0.5, 0.6) is 0 Å². The van der Waals surface area contributed by atoms with E-state index in [9.17, 15) is 4.79 Å². The van der Waals surface area contributed by atoms with Crippen molar-refractivity contribution in [1.29, 1.82) is 0 Å². The molecule has 0 aliphatic rings. The molecule has 0 saturated heterocycles. The summed E-state index contributed by atoms with van der Waals surface area (Å²) in [6.07, 6.45) is 1.67. The Morgan fingerprint density at radius 1 is 1.43 bits per heavy atom. The smallest absolute Gasteiger partial charge is 0.161 e. The lowest BCUT2D eigenvalue weighted by atomic mass is 10.2. The number of fused-ring (bicyclic) bond motifs is 1. The van der Waals surface area contributed by atoms with Gasteiger partial charge >= 0.3 is 0 Å². The third-order valence-electron chi connectivity index (χ3n) is 2.36. The van der Waals surface area contributed by atoms with Gasteiger partial charge in [0.25, 0.3) is 0 Å². The molecule has 0 radical (unpaired) electrons. The van der Waals surface area contributed by atoms with E-state index in [2.05, 4.69) is 10.2 Å². The molecule has 4 nitrogen and oxygen atoms in total. The molecule has 0 fully saturated rings. The number of nitrogens with zero attached hydrogens (tertiary/aromatic N) is 3. The Hall–Kier alpha value is -1.71. The lowest BCUT2D eigenvalue weighted by Crippen LogP contribution is -2.00. The van der Waals surface area contributed by atoms with Crippen molar-refractivity contribution in [3.63, 3.8) is 0 Å². The number of aryl methyl sites for hydroxylation is 2. The van der Waals surface area contributed by atoms with Gasteiger partial charge in [-0.25, -0.2) is 0 Å². The predicted molar refractivity (Wildman–Crippen MR) is 52.5 cm³/mol. The Morgan fingerprint density at radius 2 is 2.21 bits per heavy atom. The van der Waals surface area contributed by atoms with Crippen molar-refractivity contribution in [3.05, 3.63) is 29.2 Å². The van der Waals surface area contributed by atoms with Crippen LogP contribution in [0, 0.1) is 6.92 Å². The van der Waals surface area contributed by atoms with Crippen LogP contribution in [0.3, 0.4) is 0 Å². The second-order valence-electron chi connectivity index (χ2n) is 3.16. The zero-order chi connectivity index (χ0) is 10.1. The van der Waals surface area contributed by atoms with Crippen LogP contribution in [0.25, 0.3) is 5.65 Å². The highest BCUT2D eigenvalue weighted by Crippen LogP contribution is 2.11. The molecule has 0 N–H and O–H groups in total. The Morgan fingerprint density at radius 3 is 2.86 bits per heavy atom. The highest BCUT2D eigenvalue weighted by atomic mass is 16.1. The number of hydrogen-bond acceptors (Lipinski definition) is 3. The number of carbonyl (C=O) groups excluding carboxylic acids is 1. The Kier molecular flexibility index (Phi) is 2.04. The average Bonchev–Trinajstić information content (AvgIpc) is 2.62. The van der Waals surface area contributed by atoms with Crippen LogP contribution in [-0.4, -0.2) is 20.9 Å². The van der Waals surface area contributed by atoms with E-state index in [4.69, 9.17) is 0 Å². The molecule has 0 spiro atoms. The molecular formula is C10H11N3O. The standard InChI is InChI=1S/C10H11N3O/c1-3-9-11-12-10-5-4-8(6-14)7(2)13(9)10/h4-6H,3H2,1-2H3. The van der Waals surface area contributed by atoms with E-state index in [0.717, 1.165) is 29.9 Å². The summed E-state index contributed by atoms with van der Waals surface area (Å²) in [5.41, 5.74) is 2.39. The first-order valence-corrected chi connectivity index (χ1v) is 4.56. The highest BCUT2D eigenvalue weighted by molar-refractivity contribution is 5.77. The summed E-state index contributed by atoms with van der Waals surface area (Å²) < 4.78 is 1.92. The lowest BCUT2D eigenvalue weighted by molar-refractivity contribution is 0.112. The van der Waals surface area contributed by atoms with Crippen molar-refractivity contribution in [2.24, 2.45) is 0 Å². The molecule has 0 unspecified atom stereocenters. The van der Waals surface area contributed by atoms with Crippen LogP contribution in [-0.2, 0) is 6.42 Å². The van der Waals surface area contributed by atoms with Gasteiger partial charge in [-0.05, 0) is 19.1 Å². The molecule has 4 heteroatoms. The highest BCUT2D eigenvalue weighted by Gasteiger charge is 2.08. The number of aldehydes is 1. The first-order chi connectivity index (χ1) is 6.77. The zero-order valence-electron chi connectivity index (χ0n) is 8.19. The molecule has 2 aromatic rings. The van der Waals surface area contributed by atoms with Crippen LogP contribution >= 0.6 is 0 Å². The van der Waals surface area contributed by atoms with E-state index in [1.807, 2.05) is 24.3 Å². The van der Waals surface area contributed by atoms with Gasteiger partial charge in [-0.1, -0.05) is 6.92 Å². The van der Waals surface area contributed by atoms with Gasteiger partial charge < -0.3 is 0 Å². The molecule has 14 heavy (non-hydrogen) atoms. The molecule has 72 valence electrons. The van der Waals surface area contributed by atoms with E-state index in [-0.39, 0.29) is 0 Å². The molecule has 0 aliphatic heterocycles. The van der Waals surface area contributed by atoms with Gasteiger partial charge in [0.2, 0.25) is 0 Å². The van der Waals surface area contributed by atoms with Gasteiger partial charge in [-0.15, -0.1) is 10.2 Å². The molecule has 2 aromatic heterocycles. The van der Waals surface area contributed by atoms with Crippen LogP contribution in [0.2, 0.25) is 0 Å². The number of carbonyl (C=O) groups is 1. The Balaban J connectivity index is 2.83. The van der Waals surface area contributed by atoms with Gasteiger partial charge in [-0.2, -0.15) is 0 Å². The molecule has 0 amide bonds. The van der Waals surface area contributed by atoms with E-state index >= 15 is 0 Å².